The van der Waals surface area contributed by atoms with Crippen LogP contribution in [0.15, 0.2) is 0 Å². The van der Waals surface area contributed by atoms with Gasteiger partial charge in [-0.05, 0) is 7.05 Å². The molecule has 0 spiro atoms. The maximum absolute atomic E-state index is 8.62. The van der Waals surface area contributed by atoms with Crippen LogP contribution in [0, 0.1) is 11.3 Å². The molecule has 0 saturated carbocycles. The lowest BCUT2D eigenvalue weighted by atomic mass is 10.0. The number of nitriles is 1. The van der Waals surface area contributed by atoms with Crippen LogP contribution < -0.4 is 5.32 Å². The molecule has 0 amide bonds. The molecule has 0 unspecified atom stereocenters. The van der Waals surface area contributed by atoms with Gasteiger partial charge in [0.15, 0.2) is 0 Å². The van der Waals surface area contributed by atoms with E-state index < -0.39 is 0 Å². The Morgan fingerprint density at radius 1 is 1.78 bits per heavy atom. The van der Waals surface area contributed by atoms with E-state index in [1.54, 1.807) is 7.05 Å². The van der Waals surface area contributed by atoms with E-state index >= 15 is 0 Å². The molecule has 1 aliphatic rings. The average Bonchev–Trinajstić information content (AvgIpc) is 2.36. The third-order valence-corrected chi connectivity index (χ3v) is 1.71. The van der Waals surface area contributed by atoms with Crippen molar-refractivity contribution in [3.63, 3.8) is 0 Å². The van der Waals surface area contributed by atoms with Crippen LogP contribution in [0.2, 0.25) is 0 Å². The van der Waals surface area contributed by atoms with Crippen molar-refractivity contribution >= 4 is 0 Å². The fraction of sp³-hybridized carbons (Fsp3) is 0.833. The number of ether oxygens (including phenoxy) is 1. The van der Waals surface area contributed by atoms with Gasteiger partial charge >= 0.3 is 0 Å². The van der Waals surface area contributed by atoms with Gasteiger partial charge in [0, 0.05) is 13.0 Å². The summed E-state index contributed by atoms with van der Waals surface area (Å²) in [5.74, 6) is 0. The second-order valence-corrected chi connectivity index (χ2v) is 2.25. The second kappa shape index (κ2) is 2.34. The molecule has 1 saturated heterocycles. The van der Waals surface area contributed by atoms with E-state index in [2.05, 4.69) is 11.4 Å². The molecule has 0 aromatic rings. The summed E-state index contributed by atoms with van der Waals surface area (Å²) >= 11 is 0. The molecule has 1 heterocycles. The van der Waals surface area contributed by atoms with Crippen molar-refractivity contribution in [1.29, 1.82) is 5.26 Å². The van der Waals surface area contributed by atoms with Crippen LogP contribution >= 0.6 is 0 Å². The molecule has 1 rings (SSSR count). The Morgan fingerprint density at radius 2 is 2.56 bits per heavy atom. The van der Waals surface area contributed by atoms with E-state index in [1.165, 1.54) is 0 Å². The predicted octanol–water partition coefficient (Wildman–Crippen LogP) is -0.112. The molecule has 1 N–H and O–H groups in total. The van der Waals surface area contributed by atoms with E-state index in [1.807, 2.05) is 0 Å². The Balaban J connectivity index is 2.59. The average molecular weight is 126 g/mol. The van der Waals surface area contributed by atoms with Gasteiger partial charge in [0.05, 0.1) is 12.7 Å². The number of nitrogens with zero attached hydrogens (tertiary/aromatic N) is 1. The summed E-state index contributed by atoms with van der Waals surface area (Å²) in [5, 5.41) is 11.6. The fourth-order valence-electron chi connectivity index (χ4n) is 0.906. The molecule has 9 heavy (non-hydrogen) atoms. The smallest absolute Gasteiger partial charge is 0.132 e. The second-order valence-electron chi connectivity index (χ2n) is 2.25. The minimum absolute atomic E-state index is 0.389. The molecule has 0 aliphatic carbocycles. The van der Waals surface area contributed by atoms with Crippen LogP contribution in [0.3, 0.4) is 0 Å². The van der Waals surface area contributed by atoms with Gasteiger partial charge in [-0.15, -0.1) is 0 Å². The van der Waals surface area contributed by atoms with Crippen LogP contribution in [-0.2, 0) is 4.74 Å². The predicted molar refractivity (Wildman–Crippen MR) is 32.8 cm³/mol. The number of likely N-dealkylation sites (N-methyl/N-ethyl adjacent to an activating group) is 1. The first kappa shape index (κ1) is 6.53. The van der Waals surface area contributed by atoms with Crippen LogP contribution in [0.4, 0.5) is 0 Å². The lowest BCUT2D eigenvalue weighted by Gasteiger charge is -2.15. The molecule has 0 aromatic heterocycles. The van der Waals surface area contributed by atoms with E-state index in [9.17, 15) is 0 Å². The van der Waals surface area contributed by atoms with E-state index in [-0.39, 0.29) is 5.54 Å². The lowest BCUT2D eigenvalue weighted by Crippen LogP contribution is -2.41. The zero-order valence-corrected chi connectivity index (χ0v) is 5.48. The maximum atomic E-state index is 8.62. The van der Waals surface area contributed by atoms with Gasteiger partial charge in [0.25, 0.3) is 0 Å². The minimum atomic E-state index is -0.389. The van der Waals surface area contributed by atoms with Gasteiger partial charge in [-0.2, -0.15) is 5.26 Å². The molecule has 0 radical (unpaired) electrons. The zero-order valence-electron chi connectivity index (χ0n) is 5.48. The third kappa shape index (κ3) is 1.04. The van der Waals surface area contributed by atoms with E-state index in [4.69, 9.17) is 10.00 Å². The number of hydrogen-bond donors (Lipinski definition) is 1. The highest BCUT2D eigenvalue weighted by Gasteiger charge is 2.32. The van der Waals surface area contributed by atoms with Crippen LogP contribution in [0.5, 0.6) is 0 Å². The largest absolute Gasteiger partial charge is 0.378 e. The van der Waals surface area contributed by atoms with Gasteiger partial charge in [-0.1, -0.05) is 0 Å². The minimum Gasteiger partial charge on any atom is -0.378 e. The molecule has 0 bridgehead atoms. The SMILES string of the molecule is CN[C@]1(C#N)CCOC1. The monoisotopic (exact) mass is 126 g/mol. The van der Waals surface area contributed by atoms with Crippen molar-refractivity contribution in [2.45, 2.75) is 12.0 Å². The Hall–Kier alpha value is -0.590. The molecule has 50 valence electrons. The summed E-state index contributed by atoms with van der Waals surface area (Å²) in [6.07, 6.45) is 0.806. The quantitative estimate of drug-likeness (QED) is 0.533. The first-order valence-corrected chi connectivity index (χ1v) is 3.01. The number of hydrogen-bond acceptors (Lipinski definition) is 3. The highest BCUT2D eigenvalue weighted by atomic mass is 16.5. The Kier molecular flexibility index (Phi) is 1.70. The first-order chi connectivity index (χ1) is 4.33. The number of nitrogens with one attached hydrogen (secondary N) is 1. The Labute approximate surface area is 54.6 Å². The van der Waals surface area contributed by atoms with Crippen LogP contribution in [-0.4, -0.2) is 25.8 Å². The third-order valence-electron chi connectivity index (χ3n) is 1.71. The van der Waals surface area contributed by atoms with Crippen molar-refractivity contribution in [3.05, 3.63) is 0 Å². The van der Waals surface area contributed by atoms with Crippen molar-refractivity contribution in [1.82, 2.24) is 5.32 Å². The topological polar surface area (TPSA) is 45.0 Å². The van der Waals surface area contributed by atoms with Crippen molar-refractivity contribution < 1.29 is 4.74 Å². The highest BCUT2D eigenvalue weighted by Crippen LogP contribution is 2.15. The van der Waals surface area contributed by atoms with Gasteiger partial charge in [-0.3, -0.25) is 0 Å². The van der Waals surface area contributed by atoms with Gasteiger partial charge < -0.3 is 10.1 Å². The van der Waals surface area contributed by atoms with Gasteiger partial charge in [0.2, 0.25) is 0 Å². The molecular formula is C6H10N2O. The zero-order chi connectivity index (χ0) is 6.74. The summed E-state index contributed by atoms with van der Waals surface area (Å²) < 4.78 is 5.06. The van der Waals surface area contributed by atoms with Crippen LogP contribution in [0.1, 0.15) is 6.42 Å². The lowest BCUT2D eigenvalue weighted by molar-refractivity contribution is 0.182. The Bertz CT molecular complexity index is 132. The van der Waals surface area contributed by atoms with Gasteiger partial charge in [0.1, 0.15) is 5.54 Å². The fourth-order valence-corrected chi connectivity index (χ4v) is 0.906. The standard InChI is InChI=1S/C6H10N2O/c1-8-6(4-7)2-3-9-5-6/h8H,2-3,5H2,1H3/t6-/m0/s1. The molecule has 1 aliphatic heterocycles. The van der Waals surface area contributed by atoms with Crippen molar-refractivity contribution in [2.24, 2.45) is 0 Å². The number of rotatable bonds is 1. The highest BCUT2D eigenvalue weighted by molar-refractivity contribution is 5.08. The summed E-state index contributed by atoms with van der Waals surface area (Å²) in [7, 11) is 1.79. The molecule has 3 nitrogen and oxygen atoms in total. The van der Waals surface area contributed by atoms with E-state index in [0.717, 1.165) is 6.42 Å². The molecule has 0 aromatic carbocycles. The maximum Gasteiger partial charge on any atom is 0.132 e. The summed E-state index contributed by atoms with van der Waals surface area (Å²) in [6.45, 7) is 1.23. The first-order valence-electron chi connectivity index (χ1n) is 3.01. The van der Waals surface area contributed by atoms with Crippen molar-refractivity contribution in [3.8, 4) is 6.07 Å². The van der Waals surface area contributed by atoms with Crippen molar-refractivity contribution in [2.75, 3.05) is 20.3 Å². The molecule has 1 fully saturated rings. The molecule has 3 heteroatoms. The van der Waals surface area contributed by atoms with Crippen LogP contribution in [0.25, 0.3) is 0 Å². The molecular weight excluding hydrogens is 116 g/mol. The summed E-state index contributed by atoms with van der Waals surface area (Å²) in [5.41, 5.74) is -0.389. The Morgan fingerprint density at radius 3 is 2.78 bits per heavy atom. The molecule has 1 atom stereocenters. The normalized spacial score (nSPS) is 34.2. The summed E-state index contributed by atoms with van der Waals surface area (Å²) in [4.78, 5) is 0. The van der Waals surface area contributed by atoms with E-state index in [0.29, 0.717) is 13.2 Å². The summed E-state index contributed by atoms with van der Waals surface area (Å²) in [6, 6.07) is 2.19. The van der Waals surface area contributed by atoms with Gasteiger partial charge in [-0.25, -0.2) is 0 Å².